The molecule has 0 radical (unpaired) electrons. The molecular weight excluding hydrogens is 264 g/mol. The molecule has 5 heteroatoms. The van der Waals surface area contributed by atoms with Crippen LogP contribution < -0.4 is 15.4 Å². The Morgan fingerprint density at radius 3 is 2.89 bits per heavy atom. The summed E-state index contributed by atoms with van der Waals surface area (Å²) in [7, 11) is 1.88. The van der Waals surface area contributed by atoms with Crippen LogP contribution in [0.3, 0.4) is 0 Å². The largest absolute Gasteiger partial charge is 0.482 e. The SMILES string of the molecule is CNCc1ccc(OCC(=O)NCC2CC2)c(Cl)c1. The molecule has 1 aliphatic rings. The lowest BCUT2D eigenvalue weighted by Gasteiger charge is -2.09. The molecule has 0 bridgehead atoms. The Balaban J connectivity index is 1.79. The van der Waals surface area contributed by atoms with Gasteiger partial charge in [0.05, 0.1) is 5.02 Å². The molecule has 1 aromatic rings. The third-order valence-electron chi connectivity index (χ3n) is 3.02. The van der Waals surface area contributed by atoms with Gasteiger partial charge in [-0.2, -0.15) is 0 Å². The van der Waals surface area contributed by atoms with Crippen molar-refractivity contribution in [2.75, 3.05) is 20.2 Å². The fourth-order valence-electron chi connectivity index (χ4n) is 1.75. The highest BCUT2D eigenvalue weighted by atomic mass is 35.5. The zero-order valence-electron chi connectivity index (χ0n) is 11.0. The van der Waals surface area contributed by atoms with Crippen LogP contribution in [0.2, 0.25) is 5.02 Å². The Kier molecular flexibility index (Phi) is 5.05. The van der Waals surface area contributed by atoms with E-state index in [1.54, 1.807) is 6.07 Å². The van der Waals surface area contributed by atoms with Crippen molar-refractivity contribution < 1.29 is 9.53 Å². The van der Waals surface area contributed by atoms with Gasteiger partial charge in [0.2, 0.25) is 0 Å². The first kappa shape index (κ1) is 14.2. The second-order valence-electron chi connectivity index (χ2n) is 4.83. The third kappa shape index (κ3) is 4.73. The van der Waals surface area contributed by atoms with Crippen LogP contribution in [0.15, 0.2) is 18.2 Å². The zero-order chi connectivity index (χ0) is 13.7. The Morgan fingerprint density at radius 2 is 2.26 bits per heavy atom. The fraction of sp³-hybridized carbons (Fsp3) is 0.500. The number of nitrogens with one attached hydrogen (secondary N) is 2. The Labute approximate surface area is 118 Å². The standard InChI is InChI=1S/C14H19ClN2O2/c1-16-7-11-4-5-13(12(15)6-11)19-9-14(18)17-8-10-2-3-10/h4-6,10,16H,2-3,7-9H2,1H3,(H,17,18). The molecule has 2 rings (SSSR count). The lowest BCUT2D eigenvalue weighted by atomic mass is 10.2. The topological polar surface area (TPSA) is 50.4 Å². The number of rotatable bonds is 7. The van der Waals surface area contributed by atoms with E-state index in [0.717, 1.165) is 18.7 Å². The molecule has 0 aromatic heterocycles. The van der Waals surface area contributed by atoms with Crippen molar-refractivity contribution in [1.29, 1.82) is 0 Å². The summed E-state index contributed by atoms with van der Waals surface area (Å²) in [5.74, 6) is 1.12. The van der Waals surface area contributed by atoms with Gasteiger partial charge < -0.3 is 15.4 Å². The van der Waals surface area contributed by atoms with E-state index in [4.69, 9.17) is 16.3 Å². The van der Waals surface area contributed by atoms with Crippen molar-refractivity contribution in [2.45, 2.75) is 19.4 Å². The Morgan fingerprint density at radius 1 is 1.47 bits per heavy atom. The molecular formula is C14H19ClN2O2. The average Bonchev–Trinajstić information content (AvgIpc) is 3.20. The van der Waals surface area contributed by atoms with E-state index in [1.807, 2.05) is 19.2 Å². The fourth-order valence-corrected chi connectivity index (χ4v) is 2.01. The van der Waals surface area contributed by atoms with Crippen molar-refractivity contribution in [3.05, 3.63) is 28.8 Å². The molecule has 0 unspecified atom stereocenters. The number of hydrogen-bond acceptors (Lipinski definition) is 3. The van der Waals surface area contributed by atoms with Crippen molar-refractivity contribution >= 4 is 17.5 Å². The molecule has 1 aliphatic carbocycles. The van der Waals surface area contributed by atoms with Crippen LogP contribution in [0.5, 0.6) is 5.75 Å². The second-order valence-corrected chi connectivity index (χ2v) is 5.24. The minimum atomic E-state index is -0.0951. The van der Waals surface area contributed by atoms with Crippen molar-refractivity contribution in [2.24, 2.45) is 5.92 Å². The molecule has 4 nitrogen and oxygen atoms in total. The smallest absolute Gasteiger partial charge is 0.257 e. The van der Waals surface area contributed by atoms with Crippen LogP contribution in [0.4, 0.5) is 0 Å². The van der Waals surface area contributed by atoms with Gasteiger partial charge in [-0.25, -0.2) is 0 Å². The first-order chi connectivity index (χ1) is 9.19. The molecule has 0 saturated heterocycles. The molecule has 1 aromatic carbocycles. The lowest BCUT2D eigenvalue weighted by Crippen LogP contribution is -2.30. The van der Waals surface area contributed by atoms with Gasteiger partial charge in [-0.15, -0.1) is 0 Å². The van der Waals surface area contributed by atoms with Crippen LogP contribution in [0.1, 0.15) is 18.4 Å². The number of halogens is 1. The predicted molar refractivity (Wildman–Crippen MR) is 75.4 cm³/mol. The van der Waals surface area contributed by atoms with Gasteiger partial charge in [-0.3, -0.25) is 4.79 Å². The van der Waals surface area contributed by atoms with E-state index >= 15 is 0 Å². The van der Waals surface area contributed by atoms with E-state index in [1.165, 1.54) is 12.8 Å². The van der Waals surface area contributed by atoms with Gasteiger partial charge in [0.25, 0.3) is 5.91 Å². The quantitative estimate of drug-likeness (QED) is 0.804. The van der Waals surface area contributed by atoms with E-state index in [2.05, 4.69) is 10.6 Å². The monoisotopic (exact) mass is 282 g/mol. The first-order valence-electron chi connectivity index (χ1n) is 6.51. The van der Waals surface area contributed by atoms with E-state index < -0.39 is 0 Å². The second kappa shape index (κ2) is 6.78. The summed E-state index contributed by atoms with van der Waals surface area (Å²) in [5.41, 5.74) is 1.08. The molecule has 1 fully saturated rings. The van der Waals surface area contributed by atoms with Crippen LogP contribution in [0, 0.1) is 5.92 Å². The van der Waals surface area contributed by atoms with Crippen LogP contribution in [0.25, 0.3) is 0 Å². The Bertz CT molecular complexity index is 447. The molecule has 2 N–H and O–H groups in total. The number of benzene rings is 1. The maximum Gasteiger partial charge on any atom is 0.257 e. The predicted octanol–water partition coefficient (Wildman–Crippen LogP) is 1.96. The highest BCUT2D eigenvalue weighted by molar-refractivity contribution is 6.32. The minimum absolute atomic E-state index is 0.0117. The molecule has 0 heterocycles. The number of ether oxygens (including phenoxy) is 1. The van der Waals surface area contributed by atoms with Gasteiger partial charge in [0.1, 0.15) is 5.75 Å². The maximum absolute atomic E-state index is 11.5. The lowest BCUT2D eigenvalue weighted by molar-refractivity contribution is -0.123. The minimum Gasteiger partial charge on any atom is -0.482 e. The summed E-state index contributed by atoms with van der Waals surface area (Å²) in [4.78, 5) is 11.5. The molecule has 0 atom stereocenters. The van der Waals surface area contributed by atoms with Crippen molar-refractivity contribution in [3.63, 3.8) is 0 Å². The summed E-state index contributed by atoms with van der Waals surface area (Å²) in [5, 5.41) is 6.43. The van der Waals surface area contributed by atoms with Gasteiger partial charge in [-0.1, -0.05) is 17.7 Å². The highest BCUT2D eigenvalue weighted by Crippen LogP contribution is 2.27. The van der Waals surface area contributed by atoms with Crippen LogP contribution in [-0.2, 0) is 11.3 Å². The van der Waals surface area contributed by atoms with Gasteiger partial charge >= 0.3 is 0 Å². The summed E-state index contributed by atoms with van der Waals surface area (Å²) < 4.78 is 5.42. The van der Waals surface area contributed by atoms with Crippen LogP contribution >= 0.6 is 11.6 Å². The normalized spacial score (nSPS) is 14.2. The molecule has 0 spiro atoms. The number of hydrogen-bond donors (Lipinski definition) is 2. The van der Waals surface area contributed by atoms with E-state index in [-0.39, 0.29) is 12.5 Å². The van der Waals surface area contributed by atoms with Gasteiger partial charge in [0.15, 0.2) is 6.61 Å². The number of carbonyl (C=O) groups excluding carboxylic acids is 1. The summed E-state index contributed by atoms with van der Waals surface area (Å²) >= 11 is 6.10. The molecule has 1 amide bonds. The average molecular weight is 283 g/mol. The van der Waals surface area contributed by atoms with E-state index in [0.29, 0.717) is 16.7 Å². The summed E-state index contributed by atoms with van der Waals surface area (Å²) in [6, 6.07) is 5.57. The zero-order valence-corrected chi connectivity index (χ0v) is 11.8. The van der Waals surface area contributed by atoms with E-state index in [9.17, 15) is 4.79 Å². The summed E-state index contributed by atoms with van der Waals surface area (Å²) in [6.45, 7) is 1.52. The maximum atomic E-state index is 11.5. The Hall–Kier alpha value is -1.26. The van der Waals surface area contributed by atoms with Crippen LogP contribution in [-0.4, -0.2) is 26.1 Å². The number of amides is 1. The molecule has 0 aliphatic heterocycles. The number of carbonyl (C=O) groups is 1. The highest BCUT2D eigenvalue weighted by Gasteiger charge is 2.21. The third-order valence-corrected chi connectivity index (χ3v) is 3.32. The first-order valence-corrected chi connectivity index (χ1v) is 6.89. The molecule has 104 valence electrons. The molecule has 19 heavy (non-hydrogen) atoms. The van der Waals surface area contributed by atoms with Crippen molar-refractivity contribution in [1.82, 2.24) is 10.6 Å². The molecule has 1 saturated carbocycles. The van der Waals surface area contributed by atoms with Crippen molar-refractivity contribution in [3.8, 4) is 5.75 Å². The van der Waals surface area contributed by atoms with Gasteiger partial charge in [-0.05, 0) is 43.5 Å². The summed E-state index contributed by atoms with van der Waals surface area (Å²) in [6.07, 6.45) is 2.44. The van der Waals surface area contributed by atoms with Gasteiger partial charge in [0, 0.05) is 13.1 Å².